The first-order chi connectivity index (χ1) is 12.7. The van der Waals surface area contributed by atoms with Crippen molar-refractivity contribution in [3.8, 4) is 0 Å². The average molecular weight is 416 g/mol. The van der Waals surface area contributed by atoms with Crippen LogP contribution in [0.15, 0.2) is 0 Å². The van der Waals surface area contributed by atoms with Crippen LogP contribution in [0, 0.1) is 17.8 Å². The van der Waals surface area contributed by atoms with Gasteiger partial charge in [-0.25, -0.2) is 4.79 Å². The average Bonchev–Trinajstić information content (AvgIpc) is 2.52. The molecule has 1 rings (SSSR count). The number of β-lactam (4-membered cyclic amide) rings is 1. The molecule has 0 saturated carbocycles. The fourth-order valence-corrected chi connectivity index (χ4v) is 4.24. The van der Waals surface area contributed by atoms with Crippen LogP contribution in [-0.4, -0.2) is 51.5 Å². The maximum atomic E-state index is 12.4. The van der Waals surface area contributed by atoms with Gasteiger partial charge in [0.25, 0.3) is 0 Å². The molecule has 0 aliphatic carbocycles. The van der Waals surface area contributed by atoms with Gasteiger partial charge in [-0.15, -0.1) is 0 Å². The van der Waals surface area contributed by atoms with Crippen LogP contribution >= 0.6 is 0 Å². The van der Waals surface area contributed by atoms with E-state index in [0.717, 1.165) is 0 Å². The molecule has 0 aromatic heterocycles. The van der Waals surface area contributed by atoms with Gasteiger partial charge in [-0.1, -0.05) is 41.5 Å². The molecule has 4 atom stereocenters. The zero-order chi connectivity index (χ0) is 21.9. The van der Waals surface area contributed by atoms with Gasteiger partial charge in [0, 0.05) is 5.92 Å². The van der Waals surface area contributed by atoms with Gasteiger partial charge in [-0.05, 0) is 31.0 Å². The first-order valence-corrected chi connectivity index (χ1v) is 12.9. The Balaban J connectivity index is 2.63. The summed E-state index contributed by atoms with van der Waals surface area (Å²) >= 11 is 0. The first kappa shape index (κ1) is 24.6. The van der Waals surface area contributed by atoms with E-state index in [1.165, 1.54) is 0 Å². The highest BCUT2D eigenvalue weighted by Gasteiger charge is 2.50. The van der Waals surface area contributed by atoms with E-state index in [9.17, 15) is 14.4 Å². The molecule has 0 radical (unpaired) electrons. The summed E-state index contributed by atoms with van der Waals surface area (Å²) in [4.78, 5) is 36.1. The molecular weight excluding hydrogens is 378 g/mol. The van der Waals surface area contributed by atoms with Crippen molar-refractivity contribution in [2.24, 2.45) is 17.8 Å². The highest BCUT2D eigenvalue weighted by Crippen LogP contribution is 2.39. The van der Waals surface area contributed by atoms with E-state index < -0.39 is 20.4 Å². The van der Waals surface area contributed by atoms with E-state index in [1.54, 1.807) is 6.92 Å². The number of carbonyl (C=O) groups is 3. The van der Waals surface area contributed by atoms with Crippen LogP contribution < -0.4 is 5.32 Å². The fourth-order valence-electron chi connectivity index (χ4n) is 2.81. The van der Waals surface area contributed by atoms with E-state index in [4.69, 9.17) is 13.9 Å². The molecule has 28 heavy (non-hydrogen) atoms. The minimum Gasteiger partial charge on any atom is -0.434 e. The zero-order valence-electron chi connectivity index (χ0n) is 18.8. The van der Waals surface area contributed by atoms with Crippen molar-refractivity contribution < 1.29 is 28.3 Å². The van der Waals surface area contributed by atoms with Crippen LogP contribution in [-0.2, 0) is 23.5 Å². The third-order valence-electron chi connectivity index (χ3n) is 5.70. The van der Waals surface area contributed by atoms with Crippen LogP contribution in [0.3, 0.4) is 0 Å². The van der Waals surface area contributed by atoms with E-state index in [0.29, 0.717) is 0 Å². The molecule has 0 unspecified atom stereocenters. The molecule has 0 aromatic carbocycles. The molecule has 8 heteroatoms. The van der Waals surface area contributed by atoms with Crippen molar-refractivity contribution >= 4 is 26.2 Å². The predicted octanol–water partition coefficient (Wildman–Crippen LogP) is 3.53. The highest BCUT2D eigenvalue weighted by molar-refractivity contribution is 6.74. The number of amides is 1. The molecule has 0 spiro atoms. The third kappa shape index (κ3) is 6.30. The third-order valence-corrected chi connectivity index (χ3v) is 10.3. The summed E-state index contributed by atoms with van der Waals surface area (Å²) in [7, 11) is -2.03. The molecule has 0 aromatic rings. The Morgan fingerprint density at radius 2 is 1.68 bits per heavy atom. The summed E-state index contributed by atoms with van der Waals surface area (Å²) in [6, 6.07) is -0.324. The number of Topliss-reactive ketones (excluding diaryl/α,β-unsaturated/α-hetero) is 1. The largest absolute Gasteiger partial charge is 0.508 e. The lowest BCUT2D eigenvalue weighted by Gasteiger charge is -2.46. The van der Waals surface area contributed by atoms with Gasteiger partial charge in [-0.2, -0.15) is 0 Å². The number of hydrogen-bond donors (Lipinski definition) is 1. The lowest BCUT2D eigenvalue weighted by atomic mass is 9.77. The van der Waals surface area contributed by atoms with Gasteiger partial charge < -0.3 is 19.2 Å². The summed E-state index contributed by atoms with van der Waals surface area (Å²) in [5.41, 5.74) is 0. The zero-order valence-corrected chi connectivity index (χ0v) is 19.8. The first-order valence-electron chi connectivity index (χ1n) is 9.98. The number of nitrogens with one attached hydrogen (secondary N) is 1. The van der Waals surface area contributed by atoms with Crippen LogP contribution in [0.5, 0.6) is 0 Å². The maximum Gasteiger partial charge on any atom is 0.508 e. The lowest BCUT2D eigenvalue weighted by Crippen LogP contribution is -2.67. The number of ketones is 1. The molecule has 1 N–H and O–H groups in total. The predicted molar refractivity (Wildman–Crippen MR) is 109 cm³/mol. The second kappa shape index (κ2) is 9.39. The molecule has 162 valence electrons. The molecular formula is C20H37NO6Si. The van der Waals surface area contributed by atoms with Gasteiger partial charge in [0.1, 0.15) is 0 Å². The molecule has 0 bridgehead atoms. The lowest BCUT2D eigenvalue weighted by molar-refractivity contribution is -0.145. The van der Waals surface area contributed by atoms with E-state index in [2.05, 4.69) is 39.2 Å². The minimum atomic E-state index is -2.03. The normalized spacial score (nSPS) is 22.1. The number of carbonyl (C=O) groups excluding carboxylic acids is 3. The van der Waals surface area contributed by atoms with Crippen molar-refractivity contribution in [1.29, 1.82) is 0 Å². The Kier molecular flexibility index (Phi) is 8.26. The Bertz CT molecular complexity index is 584. The summed E-state index contributed by atoms with van der Waals surface area (Å²) in [6.07, 6.45) is -1.13. The minimum absolute atomic E-state index is 0.0304. The van der Waals surface area contributed by atoms with E-state index in [-0.39, 0.29) is 53.9 Å². The SMILES string of the molecule is CC(C)COC(=O)OCC(=O)[C@H](C)[C@H]1NC(=O)[C@@H]1[C@@H](C)O[Si](C)(C)C(C)(C)C. The Hall–Kier alpha value is -1.41. The molecule has 1 aliphatic rings. The van der Waals surface area contributed by atoms with Gasteiger partial charge in [0.2, 0.25) is 5.91 Å². The van der Waals surface area contributed by atoms with Gasteiger partial charge in [0.05, 0.1) is 24.7 Å². The molecule has 1 saturated heterocycles. The standard InChI is InChI=1S/C20H37NO6Si/c1-12(2)10-25-19(24)26-11-15(22)13(3)17-16(18(23)21-17)14(4)27-28(8,9)20(5,6)7/h12-14,16-17H,10-11H2,1-9H3,(H,21,23)/t13-,14+,16+,17+/m0/s1. The number of hydrogen-bond acceptors (Lipinski definition) is 6. The number of ether oxygens (including phenoxy) is 2. The van der Waals surface area contributed by atoms with Crippen LogP contribution in [0.25, 0.3) is 0 Å². The summed E-state index contributed by atoms with van der Waals surface area (Å²) in [6.45, 7) is 18.0. The monoisotopic (exact) mass is 415 g/mol. The molecule has 1 fully saturated rings. The van der Waals surface area contributed by atoms with Gasteiger partial charge in [0.15, 0.2) is 20.7 Å². The van der Waals surface area contributed by atoms with Crippen molar-refractivity contribution in [3.63, 3.8) is 0 Å². The fraction of sp³-hybridized carbons (Fsp3) is 0.850. The van der Waals surface area contributed by atoms with Crippen molar-refractivity contribution in [3.05, 3.63) is 0 Å². The molecule has 1 amide bonds. The highest BCUT2D eigenvalue weighted by atomic mass is 28.4. The van der Waals surface area contributed by atoms with E-state index in [1.807, 2.05) is 20.8 Å². The maximum absolute atomic E-state index is 12.4. The summed E-state index contributed by atoms with van der Waals surface area (Å²) in [5.74, 6) is -1.04. The van der Waals surface area contributed by atoms with Gasteiger partial charge >= 0.3 is 6.16 Å². The summed E-state index contributed by atoms with van der Waals surface area (Å²) < 4.78 is 16.1. The van der Waals surface area contributed by atoms with Crippen LogP contribution in [0.1, 0.15) is 48.5 Å². The topological polar surface area (TPSA) is 90.9 Å². The Morgan fingerprint density at radius 1 is 1.11 bits per heavy atom. The second-order valence-electron chi connectivity index (χ2n) is 9.64. The van der Waals surface area contributed by atoms with Crippen LogP contribution in [0.2, 0.25) is 18.1 Å². The van der Waals surface area contributed by atoms with Crippen molar-refractivity contribution in [1.82, 2.24) is 5.32 Å². The van der Waals surface area contributed by atoms with Crippen molar-refractivity contribution in [2.75, 3.05) is 13.2 Å². The van der Waals surface area contributed by atoms with Gasteiger partial charge in [-0.3, -0.25) is 9.59 Å². The van der Waals surface area contributed by atoms with E-state index >= 15 is 0 Å². The molecule has 1 aliphatic heterocycles. The molecule has 1 heterocycles. The smallest absolute Gasteiger partial charge is 0.434 e. The summed E-state index contributed by atoms with van der Waals surface area (Å²) in [5, 5.41) is 2.84. The Labute approximate surface area is 170 Å². The number of rotatable bonds is 9. The molecule has 7 nitrogen and oxygen atoms in total. The van der Waals surface area contributed by atoms with Crippen LogP contribution in [0.4, 0.5) is 4.79 Å². The Morgan fingerprint density at radius 3 is 2.14 bits per heavy atom. The second-order valence-corrected chi connectivity index (χ2v) is 14.4. The van der Waals surface area contributed by atoms with Crippen molar-refractivity contribution in [2.45, 2.75) is 78.7 Å². The quantitative estimate of drug-likeness (QED) is 0.352.